The van der Waals surface area contributed by atoms with Gasteiger partial charge < -0.3 is 10.6 Å². The van der Waals surface area contributed by atoms with E-state index >= 15 is 0 Å². The molecule has 7 nitrogen and oxygen atoms in total. The number of amides is 2. The summed E-state index contributed by atoms with van der Waals surface area (Å²) < 4.78 is 0. The van der Waals surface area contributed by atoms with Crippen molar-refractivity contribution in [2.75, 3.05) is 19.6 Å². The van der Waals surface area contributed by atoms with E-state index in [1.165, 1.54) is 36.8 Å². The fourth-order valence-electron chi connectivity index (χ4n) is 5.07. The topological polar surface area (TPSA) is 95.6 Å². The molecule has 0 radical (unpaired) electrons. The lowest BCUT2D eigenvalue weighted by atomic mass is 9.80. The SMILES string of the molecule is CCc1cccc(C2CCC(N3CC(NC(=O)CNC(=O)c4cccc(C)c4)C3)CC2)c1.O=C=O. The van der Waals surface area contributed by atoms with Gasteiger partial charge in [0.05, 0.1) is 12.6 Å². The molecular weight excluding hydrogens is 442 g/mol. The van der Waals surface area contributed by atoms with Gasteiger partial charge in [0.15, 0.2) is 0 Å². The Hall–Kier alpha value is -3.28. The number of rotatable bonds is 7. The highest BCUT2D eigenvalue weighted by Gasteiger charge is 2.35. The van der Waals surface area contributed by atoms with Crippen molar-refractivity contribution >= 4 is 18.0 Å². The van der Waals surface area contributed by atoms with Gasteiger partial charge in [0.2, 0.25) is 5.91 Å². The molecule has 2 aliphatic rings. The van der Waals surface area contributed by atoms with E-state index in [2.05, 4.69) is 46.7 Å². The van der Waals surface area contributed by atoms with Crippen molar-refractivity contribution in [3.05, 3.63) is 70.8 Å². The van der Waals surface area contributed by atoms with Crippen LogP contribution in [-0.4, -0.2) is 54.6 Å². The average Bonchev–Trinajstić information content (AvgIpc) is 2.85. The predicted octanol–water partition coefficient (Wildman–Crippen LogP) is 3.23. The third kappa shape index (κ3) is 7.61. The molecule has 2 amide bonds. The molecule has 4 rings (SSSR count). The Bertz CT molecular complexity index is 1030. The molecule has 7 heteroatoms. The molecule has 1 aliphatic heterocycles. The lowest BCUT2D eigenvalue weighted by Crippen LogP contribution is -2.63. The van der Waals surface area contributed by atoms with Crippen molar-refractivity contribution in [2.45, 2.75) is 64.0 Å². The molecule has 1 saturated heterocycles. The van der Waals surface area contributed by atoms with E-state index in [0.717, 1.165) is 25.1 Å². The first-order valence-electron chi connectivity index (χ1n) is 12.4. The summed E-state index contributed by atoms with van der Waals surface area (Å²) in [6.45, 7) is 6.01. The van der Waals surface area contributed by atoms with Crippen molar-refractivity contribution in [3.63, 3.8) is 0 Å². The van der Waals surface area contributed by atoms with E-state index in [0.29, 0.717) is 17.5 Å². The molecule has 2 aromatic carbocycles. The number of nitrogens with zero attached hydrogens (tertiary/aromatic N) is 1. The summed E-state index contributed by atoms with van der Waals surface area (Å²) in [4.78, 5) is 43.2. The molecule has 0 bridgehead atoms. The zero-order valence-electron chi connectivity index (χ0n) is 20.6. The molecule has 0 unspecified atom stereocenters. The highest BCUT2D eigenvalue weighted by atomic mass is 16.2. The Morgan fingerprint density at radius 2 is 1.69 bits per heavy atom. The summed E-state index contributed by atoms with van der Waals surface area (Å²) in [5.74, 6) is 0.363. The van der Waals surface area contributed by atoms with Crippen LogP contribution in [-0.2, 0) is 20.8 Å². The first-order chi connectivity index (χ1) is 16.9. The second-order valence-corrected chi connectivity index (χ2v) is 9.46. The quantitative estimate of drug-likeness (QED) is 0.638. The number of hydrogen-bond acceptors (Lipinski definition) is 5. The number of benzene rings is 2. The number of likely N-dealkylation sites (tertiary alicyclic amines) is 1. The molecule has 0 aromatic heterocycles. The van der Waals surface area contributed by atoms with Crippen molar-refractivity contribution in [1.29, 1.82) is 0 Å². The zero-order valence-corrected chi connectivity index (χ0v) is 20.6. The molecule has 2 N–H and O–H groups in total. The third-order valence-electron chi connectivity index (χ3n) is 7.01. The maximum atomic E-state index is 12.2. The van der Waals surface area contributed by atoms with E-state index in [4.69, 9.17) is 9.59 Å². The van der Waals surface area contributed by atoms with Crippen LogP contribution in [0.15, 0.2) is 48.5 Å². The van der Waals surface area contributed by atoms with Crippen LogP contribution >= 0.6 is 0 Å². The molecule has 2 fully saturated rings. The van der Waals surface area contributed by atoms with Gasteiger partial charge in [0.25, 0.3) is 5.91 Å². The molecule has 0 spiro atoms. The lowest BCUT2D eigenvalue weighted by molar-refractivity contribution is -0.191. The van der Waals surface area contributed by atoms with Crippen LogP contribution in [0, 0.1) is 6.92 Å². The maximum Gasteiger partial charge on any atom is 0.373 e. The number of aryl methyl sites for hydroxylation is 2. The van der Waals surface area contributed by atoms with Crippen molar-refractivity contribution < 1.29 is 19.2 Å². The van der Waals surface area contributed by atoms with E-state index in [-0.39, 0.29) is 30.6 Å². The zero-order chi connectivity index (χ0) is 25.2. The lowest BCUT2D eigenvalue weighted by Gasteiger charge is -2.46. The number of carbonyl (C=O) groups excluding carboxylic acids is 4. The smallest absolute Gasteiger partial charge is 0.349 e. The van der Waals surface area contributed by atoms with Gasteiger partial charge in [-0.15, -0.1) is 0 Å². The Morgan fingerprint density at radius 3 is 2.34 bits per heavy atom. The summed E-state index contributed by atoms with van der Waals surface area (Å²) in [6, 6.07) is 17.3. The third-order valence-corrected chi connectivity index (χ3v) is 7.01. The minimum atomic E-state index is -0.208. The second-order valence-electron chi connectivity index (χ2n) is 9.46. The largest absolute Gasteiger partial charge is 0.373 e. The molecule has 0 atom stereocenters. The van der Waals surface area contributed by atoms with Gasteiger partial charge in [-0.2, -0.15) is 9.59 Å². The van der Waals surface area contributed by atoms with Crippen LogP contribution in [0.2, 0.25) is 0 Å². The first kappa shape index (κ1) is 26.3. The van der Waals surface area contributed by atoms with Gasteiger partial charge in [0.1, 0.15) is 0 Å². The Labute approximate surface area is 207 Å². The highest BCUT2D eigenvalue weighted by Crippen LogP contribution is 2.36. The summed E-state index contributed by atoms with van der Waals surface area (Å²) in [6.07, 6.45) is 6.30. The number of nitrogens with one attached hydrogen (secondary N) is 2. The highest BCUT2D eigenvalue weighted by molar-refractivity contribution is 5.96. The molecule has 186 valence electrons. The van der Waals surface area contributed by atoms with E-state index in [9.17, 15) is 9.59 Å². The Kier molecular flexibility index (Phi) is 9.76. The van der Waals surface area contributed by atoms with Crippen LogP contribution < -0.4 is 10.6 Å². The van der Waals surface area contributed by atoms with E-state index < -0.39 is 0 Å². The molecule has 1 aliphatic carbocycles. The van der Waals surface area contributed by atoms with Crippen LogP contribution in [0.25, 0.3) is 0 Å². The maximum absolute atomic E-state index is 12.2. The van der Waals surface area contributed by atoms with Gasteiger partial charge in [-0.05, 0) is 68.2 Å². The van der Waals surface area contributed by atoms with E-state index in [1.54, 1.807) is 6.07 Å². The molecule has 1 saturated carbocycles. The van der Waals surface area contributed by atoms with Crippen molar-refractivity contribution in [3.8, 4) is 0 Å². The minimum Gasteiger partial charge on any atom is -0.349 e. The average molecular weight is 478 g/mol. The number of carbonyl (C=O) groups is 2. The van der Waals surface area contributed by atoms with Gasteiger partial charge >= 0.3 is 6.15 Å². The molecule has 1 heterocycles. The summed E-state index contributed by atoms with van der Waals surface area (Å²) in [7, 11) is 0. The summed E-state index contributed by atoms with van der Waals surface area (Å²) >= 11 is 0. The normalized spacial score (nSPS) is 19.9. The predicted molar refractivity (Wildman–Crippen MR) is 133 cm³/mol. The summed E-state index contributed by atoms with van der Waals surface area (Å²) in [5, 5.41) is 5.77. The van der Waals surface area contributed by atoms with Crippen molar-refractivity contribution in [1.82, 2.24) is 15.5 Å². The van der Waals surface area contributed by atoms with Gasteiger partial charge in [-0.1, -0.05) is 48.9 Å². The van der Waals surface area contributed by atoms with Gasteiger partial charge in [-0.25, -0.2) is 0 Å². The van der Waals surface area contributed by atoms with Crippen LogP contribution in [0.3, 0.4) is 0 Å². The molecule has 35 heavy (non-hydrogen) atoms. The minimum absolute atomic E-state index is 0.0191. The van der Waals surface area contributed by atoms with Crippen LogP contribution in [0.1, 0.15) is 65.6 Å². The van der Waals surface area contributed by atoms with Crippen LogP contribution in [0.4, 0.5) is 0 Å². The fourth-order valence-corrected chi connectivity index (χ4v) is 5.07. The van der Waals surface area contributed by atoms with E-state index in [1.807, 2.05) is 25.1 Å². The standard InChI is InChI=1S/C27H35N3O2.CO2/c1-3-20-7-5-8-22(15-20)21-10-12-25(13-11-21)30-17-24(18-30)29-26(31)16-28-27(32)23-9-4-6-19(2)14-23;2-1-3/h4-9,14-15,21,24-25H,3,10-13,16-18H2,1-2H3,(H,28,32)(H,29,31);. The summed E-state index contributed by atoms with van der Waals surface area (Å²) in [5.41, 5.74) is 4.55. The molecule has 2 aromatic rings. The monoisotopic (exact) mass is 477 g/mol. The number of hydrogen-bond donors (Lipinski definition) is 2. The molecular formula is C28H35N3O4. The Morgan fingerprint density at radius 1 is 1.00 bits per heavy atom. The second kappa shape index (κ2) is 13.0. The Balaban J connectivity index is 0.00000108. The van der Waals surface area contributed by atoms with Gasteiger partial charge in [-0.3, -0.25) is 14.5 Å². The van der Waals surface area contributed by atoms with Crippen molar-refractivity contribution in [2.24, 2.45) is 0 Å². The van der Waals surface area contributed by atoms with Crippen LogP contribution in [0.5, 0.6) is 0 Å². The fraction of sp³-hybridized carbons (Fsp3) is 0.464. The first-order valence-corrected chi connectivity index (χ1v) is 12.4. The van der Waals surface area contributed by atoms with Gasteiger partial charge in [0, 0.05) is 24.7 Å².